The standard InChI is InChI=1S/C16H17ClN2O/c1-12-7-8-14(11-15(12)17)18-10-9-16(20)19-13-5-3-2-4-6-13/h2-8,11,18H,9-10H2,1H3,(H,19,20). The molecule has 3 nitrogen and oxygen atoms in total. The van der Waals surface area contributed by atoms with E-state index in [4.69, 9.17) is 11.6 Å². The number of hydrogen-bond acceptors (Lipinski definition) is 2. The molecule has 2 aromatic rings. The van der Waals surface area contributed by atoms with Crippen LogP contribution in [0.4, 0.5) is 11.4 Å². The first-order chi connectivity index (χ1) is 9.65. The van der Waals surface area contributed by atoms with E-state index in [9.17, 15) is 4.79 Å². The van der Waals surface area contributed by atoms with Crippen molar-refractivity contribution in [2.45, 2.75) is 13.3 Å². The van der Waals surface area contributed by atoms with Crippen molar-refractivity contribution >= 4 is 28.9 Å². The number of nitrogens with one attached hydrogen (secondary N) is 2. The summed E-state index contributed by atoms with van der Waals surface area (Å²) >= 11 is 6.04. The molecular weight excluding hydrogens is 272 g/mol. The summed E-state index contributed by atoms with van der Waals surface area (Å²) in [6.07, 6.45) is 0.403. The van der Waals surface area contributed by atoms with E-state index < -0.39 is 0 Å². The van der Waals surface area contributed by atoms with E-state index in [1.54, 1.807) is 0 Å². The molecule has 104 valence electrons. The second kappa shape index (κ2) is 6.96. The third kappa shape index (κ3) is 4.28. The summed E-state index contributed by atoms with van der Waals surface area (Å²) in [4.78, 5) is 11.7. The Labute approximate surface area is 124 Å². The van der Waals surface area contributed by atoms with Crippen LogP contribution in [0.2, 0.25) is 5.02 Å². The fraction of sp³-hybridized carbons (Fsp3) is 0.188. The first-order valence-electron chi connectivity index (χ1n) is 6.50. The van der Waals surface area contributed by atoms with Crippen LogP contribution in [0, 0.1) is 6.92 Å². The minimum atomic E-state index is -0.0121. The zero-order chi connectivity index (χ0) is 14.4. The van der Waals surface area contributed by atoms with Crippen molar-refractivity contribution in [3.8, 4) is 0 Å². The van der Waals surface area contributed by atoms with Crippen molar-refractivity contribution in [1.82, 2.24) is 0 Å². The Balaban J connectivity index is 1.78. The number of aryl methyl sites for hydroxylation is 1. The van der Waals surface area contributed by atoms with Crippen LogP contribution >= 0.6 is 11.6 Å². The number of halogens is 1. The van der Waals surface area contributed by atoms with Gasteiger partial charge in [0.25, 0.3) is 0 Å². The Hall–Kier alpha value is -2.00. The predicted octanol–water partition coefficient (Wildman–Crippen LogP) is 4.09. The zero-order valence-corrected chi connectivity index (χ0v) is 12.1. The summed E-state index contributed by atoms with van der Waals surface area (Å²) in [6, 6.07) is 15.2. The molecule has 0 saturated heterocycles. The SMILES string of the molecule is Cc1ccc(NCCC(=O)Nc2ccccc2)cc1Cl. The molecule has 0 radical (unpaired) electrons. The summed E-state index contributed by atoms with van der Waals surface area (Å²) in [7, 11) is 0. The zero-order valence-electron chi connectivity index (χ0n) is 11.3. The second-order valence-corrected chi connectivity index (χ2v) is 4.96. The number of rotatable bonds is 5. The van der Waals surface area contributed by atoms with Gasteiger partial charge < -0.3 is 10.6 Å². The normalized spacial score (nSPS) is 10.1. The molecule has 0 aliphatic rings. The molecule has 0 unspecified atom stereocenters. The minimum Gasteiger partial charge on any atom is -0.384 e. The number of carbonyl (C=O) groups is 1. The maximum Gasteiger partial charge on any atom is 0.226 e. The lowest BCUT2D eigenvalue weighted by atomic mass is 10.2. The number of para-hydroxylation sites is 1. The van der Waals surface area contributed by atoms with E-state index >= 15 is 0 Å². The minimum absolute atomic E-state index is 0.0121. The van der Waals surface area contributed by atoms with Gasteiger partial charge in [-0.1, -0.05) is 35.9 Å². The maximum atomic E-state index is 11.7. The van der Waals surface area contributed by atoms with E-state index in [1.807, 2.05) is 55.5 Å². The highest BCUT2D eigenvalue weighted by molar-refractivity contribution is 6.31. The maximum absolute atomic E-state index is 11.7. The number of hydrogen-bond donors (Lipinski definition) is 2. The van der Waals surface area contributed by atoms with Crippen LogP contribution < -0.4 is 10.6 Å². The first kappa shape index (κ1) is 14.4. The van der Waals surface area contributed by atoms with Gasteiger partial charge in [-0.05, 0) is 36.8 Å². The van der Waals surface area contributed by atoms with Crippen LogP contribution in [0.25, 0.3) is 0 Å². The molecule has 0 heterocycles. The van der Waals surface area contributed by atoms with Gasteiger partial charge in [0.1, 0.15) is 0 Å². The van der Waals surface area contributed by atoms with E-state index in [2.05, 4.69) is 10.6 Å². The van der Waals surface area contributed by atoms with Gasteiger partial charge in [-0.2, -0.15) is 0 Å². The fourth-order valence-electron chi connectivity index (χ4n) is 1.77. The molecule has 0 atom stereocenters. The molecule has 0 aliphatic carbocycles. The van der Waals surface area contributed by atoms with Crippen LogP contribution in [0.15, 0.2) is 48.5 Å². The van der Waals surface area contributed by atoms with Crippen LogP contribution in [-0.2, 0) is 4.79 Å². The Morgan fingerprint density at radius 3 is 2.55 bits per heavy atom. The number of amides is 1. The summed E-state index contributed by atoms with van der Waals surface area (Å²) in [5.74, 6) is -0.0121. The summed E-state index contributed by atoms with van der Waals surface area (Å²) in [5, 5.41) is 6.75. The second-order valence-electron chi connectivity index (χ2n) is 4.55. The first-order valence-corrected chi connectivity index (χ1v) is 6.88. The van der Waals surface area contributed by atoms with Crippen molar-refractivity contribution in [3.05, 3.63) is 59.1 Å². The molecular formula is C16H17ClN2O. The Morgan fingerprint density at radius 1 is 1.10 bits per heavy atom. The molecule has 0 aromatic heterocycles. The Morgan fingerprint density at radius 2 is 1.85 bits per heavy atom. The molecule has 2 aromatic carbocycles. The van der Waals surface area contributed by atoms with Gasteiger partial charge in [-0.3, -0.25) is 4.79 Å². The molecule has 2 rings (SSSR count). The molecule has 0 bridgehead atoms. The quantitative estimate of drug-likeness (QED) is 0.870. The molecule has 0 fully saturated rings. The van der Waals surface area contributed by atoms with Crippen LogP contribution in [-0.4, -0.2) is 12.5 Å². The summed E-state index contributed by atoms with van der Waals surface area (Å²) in [6.45, 7) is 2.53. The fourth-order valence-corrected chi connectivity index (χ4v) is 1.95. The lowest BCUT2D eigenvalue weighted by molar-refractivity contribution is -0.115. The molecule has 20 heavy (non-hydrogen) atoms. The van der Waals surface area contributed by atoms with Gasteiger partial charge in [-0.15, -0.1) is 0 Å². The molecule has 0 saturated carbocycles. The molecule has 0 aliphatic heterocycles. The lowest BCUT2D eigenvalue weighted by Gasteiger charge is -2.08. The van der Waals surface area contributed by atoms with E-state index in [0.29, 0.717) is 13.0 Å². The van der Waals surface area contributed by atoms with Gasteiger partial charge in [0.2, 0.25) is 5.91 Å². The number of carbonyl (C=O) groups excluding carboxylic acids is 1. The predicted molar refractivity (Wildman–Crippen MR) is 84.4 cm³/mol. The van der Waals surface area contributed by atoms with Crippen LogP contribution in [0.1, 0.15) is 12.0 Å². The average molecular weight is 289 g/mol. The molecule has 1 amide bonds. The topological polar surface area (TPSA) is 41.1 Å². The van der Waals surface area contributed by atoms with Gasteiger partial charge in [0, 0.05) is 29.4 Å². The highest BCUT2D eigenvalue weighted by Crippen LogP contribution is 2.19. The van der Waals surface area contributed by atoms with Crippen molar-refractivity contribution in [2.24, 2.45) is 0 Å². The van der Waals surface area contributed by atoms with Crippen molar-refractivity contribution in [2.75, 3.05) is 17.2 Å². The lowest BCUT2D eigenvalue weighted by Crippen LogP contribution is -2.16. The third-order valence-electron chi connectivity index (χ3n) is 2.91. The highest BCUT2D eigenvalue weighted by atomic mass is 35.5. The van der Waals surface area contributed by atoms with Crippen LogP contribution in [0.3, 0.4) is 0 Å². The molecule has 4 heteroatoms. The summed E-state index contributed by atoms with van der Waals surface area (Å²) < 4.78 is 0. The van der Waals surface area contributed by atoms with E-state index in [-0.39, 0.29) is 5.91 Å². The van der Waals surface area contributed by atoms with Gasteiger partial charge >= 0.3 is 0 Å². The van der Waals surface area contributed by atoms with Gasteiger partial charge in [-0.25, -0.2) is 0 Å². The van der Waals surface area contributed by atoms with Crippen molar-refractivity contribution < 1.29 is 4.79 Å². The average Bonchev–Trinajstić information content (AvgIpc) is 2.44. The Bertz CT molecular complexity index is 584. The van der Waals surface area contributed by atoms with Crippen molar-refractivity contribution in [1.29, 1.82) is 0 Å². The molecule has 2 N–H and O–H groups in total. The van der Waals surface area contributed by atoms with E-state index in [0.717, 1.165) is 22.0 Å². The third-order valence-corrected chi connectivity index (χ3v) is 3.32. The Kier molecular flexibility index (Phi) is 5.02. The summed E-state index contributed by atoms with van der Waals surface area (Å²) in [5.41, 5.74) is 2.78. The van der Waals surface area contributed by atoms with Crippen LogP contribution in [0.5, 0.6) is 0 Å². The number of anilines is 2. The number of benzene rings is 2. The largest absolute Gasteiger partial charge is 0.384 e. The highest BCUT2D eigenvalue weighted by Gasteiger charge is 2.02. The monoisotopic (exact) mass is 288 g/mol. The molecule has 0 spiro atoms. The van der Waals surface area contributed by atoms with Crippen molar-refractivity contribution in [3.63, 3.8) is 0 Å². The van der Waals surface area contributed by atoms with Gasteiger partial charge in [0.05, 0.1) is 0 Å². The van der Waals surface area contributed by atoms with E-state index in [1.165, 1.54) is 0 Å². The smallest absolute Gasteiger partial charge is 0.226 e. The van der Waals surface area contributed by atoms with Gasteiger partial charge in [0.15, 0.2) is 0 Å².